The van der Waals surface area contributed by atoms with Crippen LogP contribution < -0.4 is 10.1 Å². The highest BCUT2D eigenvalue weighted by molar-refractivity contribution is 5.74. The quantitative estimate of drug-likeness (QED) is 0.635. The summed E-state index contributed by atoms with van der Waals surface area (Å²) in [6.07, 6.45) is 1.59. The smallest absolute Gasteiger partial charge is 0.318 e. The molecular formula is C25H33F2N3O2. The molecule has 0 aromatic heterocycles. The van der Waals surface area contributed by atoms with Gasteiger partial charge in [0.15, 0.2) is 11.6 Å². The number of ether oxygens (including phenoxy) is 1. The topological polar surface area (TPSA) is 44.8 Å². The summed E-state index contributed by atoms with van der Waals surface area (Å²) in [5.41, 5.74) is 1.13. The number of halogens is 2. The molecular weight excluding hydrogens is 412 g/mol. The van der Waals surface area contributed by atoms with E-state index < -0.39 is 11.6 Å². The molecule has 3 rings (SSSR count). The predicted molar refractivity (Wildman–Crippen MR) is 121 cm³/mol. The first-order chi connectivity index (χ1) is 15.3. The minimum atomic E-state index is -0.897. The molecule has 1 heterocycles. The van der Waals surface area contributed by atoms with E-state index in [9.17, 15) is 13.6 Å². The number of carbonyl (C=O) groups is 1. The molecule has 174 valence electrons. The Hall–Kier alpha value is -2.67. The third-order valence-corrected chi connectivity index (χ3v) is 5.71. The molecule has 0 unspecified atom stereocenters. The lowest BCUT2D eigenvalue weighted by atomic mass is 10.0. The van der Waals surface area contributed by atoms with Crippen LogP contribution in [0.4, 0.5) is 13.6 Å². The zero-order valence-corrected chi connectivity index (χ0v) is 19.1. The van der Waals surface area contributed by atoms with Gasteiger partial charge in [0.05, 0.1) is 13.2 Å². The number of rotatable bonds is 8. The van der Waals surface area contributed by atoms with E-state index in [2.05, 4.69) is 24.1 Å². The molecule has 1 N–H and O–H groups in total. The average Bonchev–Trinajstić information content (AvgIpc) is 2.78. The molecule has 0 radical (unpaired) electrons. The molecule has 1 saturated heterocycles. The van der Waals surface area contributed by atoms with Crippen LogP contribution in [0.15, 0.2) is 42.5 Å². The van der Waals surface area contributed by atoms with Gasteiger partial charge < -0.3 is 19.9 Å². The van der Waals surface area contributed by atoms with Crippen LogP contribution in [0.1, 0.15) is 37.8 Å². The number of hydrogen-bond acceptors (Lipinski definition) is 3. The maximum atomic E-state index is 14.3. The molecule has 1 fully saturated rings. The Bertz CT molecular complexity index is 881. The summed E-state index contributed by atoms with van der Waals surface area (Å²) in [6, 6.07) is 11.4. The van der Waals surface area contributed by atoms with Crippen molar-refractivity contribution >= 4 is 6.03 Å². The van der Waals surface area contributed by atoms with E-state index in [0.717, 1.165) is 43.3 Å². The zero-order chi connectivity index (χ0) is 23.1. The highest BCUT2D eigenvalue weighted by atomic mass is 19.2. The van der Waals surface area contributed by atoms with Gasteiger partial charge in [0.1, 0.15) is 5.75 Å². The van der Waals surface area contributed by atoms with E-state index in [0.29, 0.717) is 19.1 Å². The van der Waals surface area contributed by atoms with E-state index in [1.807, 2.05) is 31.3 Å². The second-order valence-corrected chi connectivity index (χ2v) is 8.88. The van der Waals surface area contributed by atoms with Gasteiger partial charge in [-0.05, 0) is 62.7 Å². The lowest BCUT2D eigenvalue weighted by Crippen LogP contribution is -2.49. The normalized spacial score (nSPS) is 15.1. The first kappa shape index (κ1) is 24.0. The molecule has 2 aromatic carbocycles. The Morgan fingerprint density at radius 2 is 1.84 bits per heavy atom. The molecule has 0 saturated carbocycles. The second kappa shape index (κ2) is 11.3. The Morgan fingerprint density at radius 1 is 1.16 bits per heavy atom. The summed E-state index contributed by atoms with van der Waals surface area (Å²) >= 11 is 0. The van der Waals surface area contributed by atoms with Gasteiger partial charge in [-0.3, -0.25) is 0 Å². The number of nitrogens with one attached hydrogen (secondary N) is 1. The first-order valence-electron chi connectivity index (χ1n) is 11.2. The van der Waals surface area contributed by atoms with E-state index in [1.54, 1.807) is 4.90 Å². The third-order valence-electron chi connectivity index (χ3n) is 5.71. The van der Waals surface area contributed by atoms with Crippen LogP contribution in [0.25, 0.3) is 0 Å². The molecule has 32 heavy (non-hydrogen) atoms. The van der Waals surface area contributed by atoms with Crippen LogP contribution in [-0.4, -0.2) is 48.6 Å². The number of urea groups is 1. The van der Waals surface area contributed by atoms with Crippen LogP contribution >= 0.6 is 0 Å². The van der Waals surface area contributed by atoms with Gasteiger partial charge in [-0.2, -0.15) is 0 Å². The van der Waals surface area contributed by atoms with Gasteiger partial charge in [0.25, 0.3) is 0 Å². The van der Waals surface area contributed by atoms with Crippen molar-refractivity contribution in [3.05, 3.63) is 65.2 Å². The maximum absolute atomic E-state index is 14.3. The summed E-state index contributed by atoms with van der Waals surface area (Å²) in [7, 11) is 2.04. The minimum Gasteiger partial charge on any atom is -0.493 e. The van der Waals surface area contributed by atoms with Gasteiger partial charge in [-0.15, -0.1) is 0 Å². The summed E-state index contributed by atoms with van der Waals surface area (Å²) < 4.78 is 33.7. The number of hydrogen-bond donors (Lipinski definition) is 1. The standard InChI is InChI=1S/C25H33F2N3O2/c1-18(2)17-32-22-9-7-19(8-10-22)15-28-25(31)30(21-11-13-29(3)14-12-21)16-20-5-4-6-23(26)24(20)27/h4-10,18,21H,11-17H2,1-3H3,(H,28,31). The molecule has 0 spiro atoms. The molecule has 1 aliphatic heterocycles. The zero-order valence-electron chi connectivity index (χ0n) is 19.1. The number of nitrogens with zero attached hydrogens (tertiary/aromatic N) is 2. The van der Waals surface area contributed by atoms with E-state index in [1.165, 1.54) is 12.1 Å². The Labute approximate surface area is 189 Å². The van der Waals surface area contributed by atoms with Crippen molar-refractivity contribution in [3.8, 4) is 5.75 Å². The van der Waals surface area contributed by atoms with Crippen molar-refractivity contribution in [3.63, 3.8) is 0 Å². The third kappa shape index (κ3) is 6.66. The molecule has 2 amide bonds. The number of benzene rings is 2. The molecule has 2 aromatic rings. The summed E-state index contributed by atoms with van der Waals surface area (Å²) in [6.45, 7) is 6.93. The Kier molecular flexibility index (Phi) is 8.45. The molecule has 5 nitrogen and oxygen atoms in total. The van der Waals surface area contributed by atoms with Crippen molar-refractivity contribution < 1.29 is 18.3 Å². The SMILES string of the molecule is CC(C)COc1ccc(CNC(=O)N(Cc2cccc(F)c2F)C2CCN(C)CC2)cc1. The first-order valence-corrected chi connectivity index (χ1v) is 11.2. The van der Waals surface area contributed by atoms with Crippen molar-refractivity contribution in [2.24, 2.45) is 5.92 Å². The van der Waals surface area contributed by atoms with Crippen molar-refractivity contribution in [1.29, 1.82) is 0 Å². The Morgan fingerprint density at radius 3 is 2.50 bits per heavy atom. The predicted octanol–water partition coefficient (Wildman–Crippen LogP) is 4.81. The molecule has 7 heteroatoms. The highest BCUT2D eigenvalue weighted by Gasteiger charge is 2.28. The van der Waals surface area contributed by atoms with E-state index in [-0.39, 0.29) is 24.2 Å². The van der Waals surface area contributed by atoms with Crippen LogP contribution in [0.2, 0.25) is 0 Å². The highest BCUT2D eigenvalue weighted by Crippen LogP contribution is 2.21. The van der Waals surface area contributed by atoms with Crippen molar-refractivity contribution in [1.82, 2.24) is 15.1 Å². The molecule has 0 atom stereocenters. The molecule has 1 aliphatic rings. The van der Waals surface area contributed by atoms with E-state index >= 15 is 0 Å². The van der Waals surface area contributed by atoms with Crippen LogP contribution in [0, 0.1) is 17.6 Å². The number of carbonyl (C=O) groups excluding carboxylic acids is 1. The van der Waals surface area contributed by atoms with Gasteiger partial charge >= 0.3 is 6.03 Å². The lowest BCUT2D eigenvalue weighted by Gasteiger charge is -2.37. The van der Waals surface area contributed by atoms with Crippen molar-refractivity contribution in [2.45, 2.75) is 45.8 Å². The van der Waals surface area contributed by atoms with E-state index in [4.69, 9.17) is 4.74 Å². The number of amides is 2. The van der Waals surface area contributed by atoms with Gasteiger partial charge in [-0.25, -0.2) is 13.6 Å². The Balaban J connectivity index is 1.66. The van der Waals surface area contributed by atoms with Crippen LogP contribution in [0.3, 0.4) is 0 Å². The van der Waals surface area contributed by atoms with Gasteiger partial charge in [0, 0.05) is 18.2 Å². The second-order valence-electron chi connectivity index (χ2n) is 8.88. The maximum Gasteiger partial charge on any atom is 0.318 e. The molecule has 0 aliphatic carbocycles. The largest absolute Gasteiger partial charge is 0.493 e. The summed E-state index contributed by atoms with van der Waals surface area (Å²) in [5, 5.41) is 2.95. The number of piperidine rings is 1. The van der Waals surface area contributed by atoms with Crippen LogP contribution in [0.5, 0.6) is 5.75 Å². The number of likely N-dealkylation sites (tertiary alicyclic amines) is 1. The fourth-order valence-electron chi connectivity index (χ4n) is 3.77. The summed E-state index contributed by atoms with van der Waals surface area (Å²) in [5.74, 6) is -0.549. The van der Waals surface area contributed by atoms with Crippen molar-refractivity contribution in [2.75, 3.05) is 26.7 Å². The average molecular weight is 446 g/mol. The van der Waals surface area contributed by atoms with Gasteiger partial charge in [0.2, 0.25) is 0 Å². The molecule has 0 bridgehead atoms. The fraction of sp³-hybridized carbons (Fsp3) is 0.480. The minimum absolute atomic E-state index is 0.0272. The fourth-order valence-corrected chi connectivity index (χ4v) is 3.77. The van der Waals surface area contributed by atoms with Gasteiger partial charge in [-0.1, -0.05) is 38.1 Å². The summed E-state index contributed by atoms with van der Waals surface area (Å²) in [4.78, 5) is 17.0. The lowest BCUT2D eigenvalue weighted by molar-refractivity contribution is 0.126. The monoisotopic (exact) mass is 445 g/mol. The van der Waals surface area contributed by atoms with Crippen LogP contribution in [-0.2, 0) is 13.1 Å².